The topological polar surface area (TPSA) is 62.7 Å². The maximum Gasteiger partial charge on any atom is 0.244 e. The van der Waals surface area contributed by atoms with Crippen molar-refractivity contribution in [3.8, 4) is 0 Å². The molecule has 128 valence electrons. The summed E-state index contributed by atoms with van der Waals surface area (Å²) < 4.78 is 32.9. The van der Waals surface area contributed by atoms with Gasteiger partial charge in [0.25, 0.3) is 0 Å². The second kappa shape index (κ2) is 7.70. The molecule has 0 aliphatic carbocycles. The molecule has 6 nitrogen and oxygen atoms in total. The molecule has 7 heteroatoms. The molecular weight excluding hydrogens is 314 g/mol. The molecule has 0 bridgehead atoms. The quantitative estimate of drug-likeness (QED) is 0.810. The van der Waals surface area contributed by atoms with E-state index in [1.807, 2.05) is 0 Å². The SMILES string of the molecule is O=S(=O)(c1cccnc1)N1CCCC[C@@H]1CCN1CCOCC1. The van der Waals surface area contributed by atoms with E-state index in [4.69, 9.17) is 4.74 Å². The third-order valence-electron chi connectivity index (χ3n) is 4.70. The number of pyridine rings is 1. The molecular formula is C16H25N3O3S. The molecule has 0 spiro atoms. The van der Waals surface area contributed by atoms with Crippen LogP contribution in [0, 0.1) is 0 Å². The number of rotatable bonds is 5. The predicted octanol–water partition coefficient (Wildman–Crippen LogP) is 1.35. The first-order chi connectivity index (χ1) is 11.2. The number of morpholine rings is 1. The van der Waals surface area contributed by atoms with Gasteiger partial charge in [-0.2, -0.15) is 4.31 Å². The zero-order valence-corrected chi connectivity index (χ0v) is 14.2. The Hall–Kier alpha value is -1.02. The van der Waals surface area contributed by atoms with Gasteiger partial charge in [0.1, 0.15) is 4.90 Å². The van der Waals surface area contributed by atoms with Crippen molar-refractivity contribution < 1.29 is 13.2 Å². The number of ether oxygens (including phenoxy) is 1. The van der Waals surface area contributed by atoms with E-state index in [0.29, 0.717) is 11.4 Å². The zero-order chi connectivity index (χ0) is 16.1. The maximum absolute atomic E-state index is 12.9. The van der Waals surface area contributed by atoms with Crippen LogP contribution in [0.5, 0.6) is 0 Å². The normalized spacial score (nSPS) is 24.6. The van der Waals surface area contributed by atoms with E-state index in [0.717, 1.165) is 58.5 Å². The van der Waals surface area contributed by atoms with E-state index >= 15 is 0 Å². The van der Waals surface area contributed by atoms with Gasteiger partial charge in [0, 0.05) is 38.1 Å². The van der Waals surface area contributed by atoms with Crippen LogP contribution < -0.4 is 0 Å². The molecule has 0 aromatic carbocycles. The van der Waals surface area contributed by atoms with Crippen molar-refractivity contribution in [3.63, 3.8) is 0 Å². The molecule has 3 rings (SSSR count). The van der Waals surface area contributed by atoms with Gasteiger partial charge in [0.2, 0.25) is 10.0 Å². The molecule has 0 saturated carbocycles. The van der Waals surface area contributed by atoms with Gasteiger partial charge in [0.05, 0.1) is 13.2 Å². The molecule has 1 atom stereocenters. The van der Waals surface area contributed by atoms with Crippen LogP contribution in [0.2, 0.25) is 0 Å². The first-order valence-electron chi connectivity index (χ1n) is 8.40. The van der Waals surface area contributed by atoms with Gasteiger partial charge in [-0.1, -0.05) is 6.42 Å². The molecule has 23 heavy (non-hydrogen) atoms. The van der Waals surface area contributed by atoms with Crippen molar-refractivity contribution in [2.75, 3.05) is 39.4 Å². The lowest BCUT2D eigenvalue weighted by Gasteiger charge is -2.36. The average molecular weight is 339 g/mol. The monoisotopic (exact) mass is 339 g/mol. The lowest BCUT2D eigenvalue weighted by atomic mass is 10.0. The first-order valence-corrected chi connectivity index (χ1v) is 9.84. The minimum Gasteiger partial charge on any atom is -0.379 e. The van der Waals surface area contributed by atoms with Crippen molar-refractivity contribution in [3.05, 3.63) is 24.5 Å². The van der Waals surface area contributed by atoms with Crippen molar-refractivity contribution in [2.24, 2.45) is 0 Å². The molecule has 2 aliphatic rings. The molecule has 2 saturated heterocycles. The molecule has 2 fully saturated rings. The number of nitrogens with zero attached hydrogens (tertiary/aromatic N) is 3. The Bertz CT molecular complexity index is 588. The lowest BCUT2D eigenvalue weighted by molar-refractivity contribution is 0.0340. The summed E-state index contributed by atoms with van der Waals surface area (Å²) in [5.74, 6) is 0. The third kappa shape index (κ3) is 4.09. The number of hydrogen-bond donors (Lipinski definition) is 0. The summed E-state index contributed by atoms with van der Waals surface area (Å²) in [6, 6.07) is 3.41. The average Bonchev–Trinajstić information content (AvgIpc) is 2.62. The summed E-state index contributed by atoms with van der Waals surface area (Å²) in [6.07, 6.45) is 6.93. The molecule has 0 unspecified atom stereocenters. The van der Waals surface area contributed by atoms with Crippen LogP contribution in [0.3, 0.4) is 0 Å². The Morgan fingerprint density at radius 3 is 2.78 bits per heavy atom. The Morgan fingerprint density at radius 1 is 1.22 bits per heavy atom. The molecule has 0 radical (unpaired) electrons. The second-order valence-corrected chi connectivity index (χ2v) is 8.09. The van der Waals surface area contributed by atoms with Crippen molar-refractivity contribution >= 4 is 10.0 Å². The number of sulfonamides is 1. The smallest absolute Gasteiger partial charge is 0.244 e. The number of hydrogen-bond acceptors (Lipinski definition) is 5. The second-order valence-electron chi connectivity index (χ2n) is 6.20. The summed E-state index contributed by atoms with van der Waals surface area (Å²) in [7, 11) is -3.44. The number of aromatic nitrogens is 1. The van der Waals surface area contributed by atoms with E-state index in [-0.39, 0.29) is 6.04 Å². The van der Waals surface area contributed by atoms with Crippen LogP contribution in [0.4, 0.5) is 0 Å². The molecule has 0 N–H and O–H groups in total. The highest BCUT2D eigenvalue weighted by Crippen LogP contribution is 2.27. The maximum atomic E-state index is 12.9. The van der Waals surface area contributed by atoms with Gasteiger partial charge < -0.3 is 4.74 Å². The summed E-state index contributed by atoms with van der Waals surface area (Å²) in [4.78, 5) is 6.63. The Balaban J connectivity index is 1.68. The highest BCUT2D eigenvalue weighted by Gasteiger charge is 2.33. The Morgan fingerprint density at radius 2 is 2.04 bits per heavy atom. The number of piperidine rings is 1. The van der Waals surface area contributed by atoms with E-state index in [9.17, 15) is 8.42 Å². The molecule has 0 amide bonds. The van der Waals surface area contributed by atoms with Gasteiger partial charge >= 0.3 is 0 Å². The van der Waals surface area contributed by atoms with E-state index < -0.39 is 10.0 Å². The van der Waals surface area contributed by atoms with Crippen LogP contribution in [0.25, 0.3) is 0 Å². The molecule has 1 aromatic rings. The van der Waals surface area contributed by atoms with Gasteiger partial charge in [-0.15, -0.1) is 0 Å². The fourth-order valence-electron chi connectivity index (χ4n) is 3.37. The summed E-state index contributed by atoms with van der Waals surface area (Å²) in [5.41, 5.74) is 0. The fourth-order valence-corrected chi connectivity index (χ4v) is 5.06. The molecule has 1 aromatic heterocycles. The van der Waals surface area contributed by atoms with Crippen LogP contribution in [0.1, 0.15) is 25.7 Å². The Labute approximate surface area is 138 Å². The highest BCUT2D eigenvalue weighted by molar-refractivity contribution is 7.89. The van der Waals surface area contributed by atoms with Crippen LogP contribution in [0.15, 0.2) is 29.4 Å². The van der Waals surface area contributed by atoms with Crippen molar-refractivity contribution in [1.29, 1.82) is 0 Å². The summed E-state index contributed by atoms with van der Waals surface area (Å²) in [5, 5.41) is 0. The van der Waals surface area contributed by atoms with E-state index in [2.05, 4.69) is 9.88 Å². The highest BCUT2D eigenvalue weighted by atomic mass is 32.2. The lowest BCUT2D eigenvalue weighted by Crippen LogP contribution is -2.46. The summed E-state index contributed by atoms with van der Waals surface area (Å²) >= 11 is 0. The van der Waals surface area contributed by atoms with Crippen LogP contribution in [-0.2, 0) is 14.8 Å². The van der Waals surface area contributed by atoms with Gasteiger partial charge in [-0.25, -0.2) is 8.42 Å². The predicted molar refractivity (Wildman–Crippen MR) is 87.6 cm³/mol. The van der Waals surface area contributed by atoms with Gasteiger partial charge in [-0.3, -0.25) is 9.88 Å². The van der Waals surface area contributed by atoms with Crippen LogP contribution in [-0.4, -0.2) is 68.0 Å². The van der Waals surface area contributed by atoms with Crippen LogP contribution >= 0.6 is 0 Å². The third-order valence-corrected chi connectivity index (χ3v) is 6.63. The standard InChI is InChI=1S/C16H25N3O3S/c20-23(21,16-5-3-7-17-14-16)19-8-2-1-4-15(19)6-9-18-10-12-22-13-11-18/h3,5,7,14-15H,1-2,4,6,8-13H2/t15-/m1/s1. The van der Waals surface area contributed by atoms with Gasteiger partial charge in [-0.05, 0) is 37.9 Å². The molecule has 3 heterocycles. The van der Waals surface area contributed by atoms with E-state index in [1.54, 1.807) is 22.6 Å². The van der Waals surface area contributed by atoms with Crippen molar-refractivity contribution in [2.45, 2.75) is 36.6 Å². The van der Waals surface area contributed by atoms with Gasteiger partial charge in [0.15, 0.2) is 0 Å². The largest absolute Gasteiger partial charge is 0.379 e. The van der Waals surface area contributed by atoms with Crippen molar-refractivity contribution in [1.82, 2.24) is 14.2 Å². The first kappa shape index (κ1) is 16.8. The summed E-state index contributed by atoms with van der Waals surface area (Å²) in [6.45, 7) is 5.01. The zero-order valence-electron chi connectivity index (χ0n) is 13.4. The minimum atomic E-state index is -3.44. The minimum absolute atomic E-state index is 0.0943. The fraction of sp³-hybridized carbons (Fsp3) is 0.688. The van der Waals surface area contributed by atoms with E-state index in [1.165, 1.54) is 6.20 Å². The Kier molecular flexibility index (Phi) is 5.63. The molecule has 2 aliphatic heterocycles.